The minimum absolute atomic E-state index is 0.0674. The van der Waals surface area contributed by atoms with E-state index in [1.807, 2.05) is 6.08 Å². The van der Waals surface area contributed by atoms with Crippen LogP contribution in [0.2, 0.25) is 0 Å². The minimum atomic E-state index is -1.13. The van der Waals surface area contributed by atoms with Gasteiger partial charge in [0.25, 0.3) is 0 Å². The smallest absolute Gasteiger partial charge is 0.243 e. The van der Waals surface area contributed by atoms with Gasteiger partial charge in [-0.05, 0) is 24.3 Å². The van der Waals surface area contributed by atoms with Crippen molar-refractivity contribution in [2.75, 3.05) is 30.9 Å². The summed E-state index contributed by atoms with van der Waals surface area (Å²) in [6.45, 7) is 8.76. The van der Waals surface area contributed by atoms with Gasteiger partial charge in [-0.15, -0.1) is 11.7 Å². The van der Waals surface area contributed by atoms with Gasteiger partial charge < -0.3 is 10.6 Å². The second-order valence-electron chi connectivity index (χ2n) is 5.13. The van der Waals surface area contributed by atoms with Crippen LogP contribution in [0, 0.1) is 5.92 Å². The van der Waals surface area contributed by atoms with E-state index in [9.17, 15) is 9.59 Å². The highest BCUT2D eigenvalue weighted by Gasteiger charge is 2.11. The minimum Gasteiger partial charge on any atom is -0.352 e. The normalized spacial score (nSPS) is 15.7. The molecule has 1 unspecified atom stereocenters. The average Bonchev–Trinajstić information content (AvgIpc) is 2.35. The molecule has 0 aromatic rings. The van der Waals surface area contributed by atoms with Gasteiger partial charge in [0.2, 0.25) is 11.8 Å². The van der Waals surface area contributed by atoms with Gasteiger partial charge in [-0.25, -0.2) is 0 Å². The lowest BCUT2D eigenvalue weighted by Crippen LogP contribution is -2.26. The molecule has 6 heteroatoms. The van der Waals surface area contributed by atoms with Crippen LogP contribution in [0.25, 0.3) is 0 Å². The summed E-state index contributed by atoms with van der Waals surface area (Å²) < 4.78 is 0. The van der Waals surface area contributed by atoms with Crippen LogP contribution in [0.15, 0.2) is 24.8 Å². The van der Waals surface area contributed by atoms with Crippen LogP contribution in [0.4, 0.5) is 0 Å². The van der Waals surface area contributed by atoms with E-state index in [1.165, 1.54) is 6.08 Å². The van der Waals surface area contributed by atoms with Crippen molar-refractivity contribution in [3.05, 3.63) is 24.8 Å². The molecule has 0 saturated heterocycles. The van der Waals surface area contributed by atoms with E-state index in [0.717, 1.165) is 11.5 Å². The van der Waals surface area contributed by atoms with Crippen LogP contribution in [0.5, 0.6) is 0 Å². The van der Waals surface area contributed by atoms with Crippen molar-refractivity contribution in [1.82, 2.24) is 10.6 Å². The van der Waals surface area contributed by atoms with E-state index < -0.39 is 9.06 Å². The van der Waals surface area contributed by atoms with Gasteiger partial charge in [0, 0.05) is 24.6 Å². The summed E-state index contributed by atoms with van der Waals surface area (Å²) in [5, 5.41) is 5.56. The Morgan fingerprint density at radius 3 is 2.50 bits per heavy atom. The number of carbonyl (C=O) groups excluding carboxylic acids is 2. The number of hydrogen-bond acceptors (Lipinski definition) is 3. The van der Waals surface area contributed by atoms with E-state index in [4.69, 9.17) is 0 Å². The van der Waals surface area contributed by atoms with E-state index in [0.29, 0.717) is 19.0 Å². The molecule has 0 radical (unpaired) electrons. The van der Waals surface area contributed by atoms with Gasteiger partial charge in [-0.1, -0.05) is 26.5 Å². The zero-order valence-electron chi connectivity index (χ0n) is 12.5. The molecule has 2 N–H and O–H groups in total. The Balaban J connectivity index is 3.98. The van der Waals surface area contributed by atoms with Crippen molar-refractivity contribution in [3.63, 3.8) is 0 Å². The number of amides is 2. The molecule has 116 valence electrons. The molecule has 0 aliphatic carbocycles. The van der Waals surface area contributed by atoms with E-state index >= 15 is 0 Å². The summed E-state index contributed by atoms with van der Waals surface area (Å²) in [5.41, 5.74) is 0. The first-order chi connectivity index (χ1) is 9.26. The Kier molecular flexibility index (Phi) is 9.50. The molecular weight excluding hydrogens is 292 g/mol. The largest absolute Gasteiger partial charge is 0.352 e. The lowest BCUT2D eigenvalue weighted by atomic mass is 10.2. The van der Waals surface area contributed by atoms with Crippen molar-refractivity contribution in [3.8, 4) is 0 Å². The summed E-state index contributed by atoms with van der Waals surface area (Å²) in [6.07, 6.45) is 6.73. The second-order valence-corrected chi connectivity index (χ2v) is 11.0. The number of hydrogen-bond donors (Lipinski definition) is 3. The van der Waals surface area contributed by atoms with Crippen LogP contribution in [-0.2, 0) is 9.59 Å². The van der Waals surface area contributed by atoms with Gasteiger partial charge >= 0.3 is 0 Å². The second kappa shape index (κ2) is 9.94. The van der Waals surface area contributed by atoms with Gasteiger partial charge in [0.05, 0.1) is 0 Å². The van der Waals surface area contributed by atoms with E-state index in [-0.39, 0.29) is 11.8 Å². The van der Waals surface area contributed by atoms with Crippen molar-refractivity contribution < 1.29 is 9.59 Å². The number of rotatable bonds is 9. The summed E-state index contributed by atoms with van der Waals surface area (Å²) in [7, 11) is -1.13. The molecule has 0 spiro atoms. The van der Waals surface area contributed by atoms with Crippen LogP contribution in [-0.4, -0.2) is 42.7 Å². The molecule has 0 rings (SSSR count). The Hall–Kier alpha value is -0.880. The predicted octanol–water partition coefficient (Wildman–Crippen LogP) is 1.90. The molecule has 0 aliphatic heterocycles. The number of thiol groups is 1. The molecule has 0 fully saturated rings. The van der Waals surface area contributed by atoms with Crippen LogP contribution in [0.1, 0.15) is 13.8 Å². The Labute approximate surface area is 128 Å². The van der Waals surface area contributed by atoms with Gasteiger partial charge in [0.15, 0.2) is 0 Å². The lowest BCUT2D eigenvalue weighted by Gasteiger charge is -2.28. The van der Waals surface area contributed by atoms with E-state index in [2.05, 4.69) is 49.0 Å². The zero-order chi connectivity index (χ0) is 15.6. The van der Waals surface area contributed by atoms with Gasteiger partial charge in [-0.3, -0.25) is 9.59 Å². The average molecular weight is 319 g/mol. The molecule has 4 nitrogen and oxygen atoms in total. The van der Waals surface area contributed by atoms with Crippen LogP contribution in [0.3, 0.4) is 0 Å². The lowest BCUT2D eigenvalue weighted by molar-refractivity contribution is -0.117. The molecule has 0 aromatic heterocycles. The first kappa shape index (κ1) is 19.1. The molecular formula is C14H26N2O2S2. The first-order valence-electron chi connectivity index (χ1n) is 6.57. The standard InChI is InChI=1S/C14H26N2O2S2/c1-5-13(17)15-8-10-20(4,19)9-6-7-14(18)16-11-12(2)3/h5-7,12,19H,1,8-11H2,2-4H3,(H,15,17)(H,16,18)/b7-6-. The SMILES string of the molecule is C=CC(=O)NCCS(C)(S)C/C=C\C(=O)NCC(C)C. The van der Waals surface area contributed by atoms with Crippen molar-refractivity contribution in [2.45, 2.75) is 13.8 Å². The van der Waals surface area contributed by atoms with Crippen LogP contribution < -0.4 is 10.6 Å². The Bertz CT molecular complexity index is 366. The quantitative estimate of drug-likeness (QED) is 0.345. The highest BCUT2D eigenvalue weighted by molar-refractivity contribution is 8.87. The number of carbonyl (C=O) groups is 2. The Morgan fingerprint density at radius 2 is 1.95 bits per heavy atom. The molecule has 0 bridgehead atoms. The third-order valence-corrected chi connectivity index (χ3v) is 5.42. The molecule has 0 saturated carbocycles. The van der Waals surface area contributed by atoms with Crippen molar-refractivity contribution in [1.29, 1.82) is 0 Å². The fraction of sp³-hybridized carbons (Fsp3) is 0.571. The molecule has 1 atom stereocenters. The van der Waals surface area contributed by atoms with E-state index in [1.54, 1.807) is 6.08 Å². The number of nitrogens with one attached hydrogen (secondary N) is 2. The first-order valence-corrected chi connectivity index (χ1v) is 10.0. The fourth-order valence-electron chi connectivity index (χ4n) is 1.28. The maximum atomic E-state index is 11.5. The van der Waals surface area contributed by atoms with Crippen molar-refractivity contribution in [2.24, 2.45) is 5.92 Å². The molecule has 0 aromatic carbocycles. The maximum Gasteiger partial charge on any atom is 0.243 e. The van der Waals surface area contributed by atoms with Gasteiger partial charge in [-0.2, -0.15) is 9.06 Å². The summed E-state index contributed by atoms with van der Waals surface area (Å²) in [6, 6.07) is 0. The highest BCUT2D eigenvalue weighted by atomic mass is 33.1. The Morgan fingerprint density at radius 1 is 1.30 bits per heavy atom. The zero-order valence-corrected chi connectivity index (χ0v) is 14.2. The highest BCUT2D eigenvalue weighted by Crippen LogP contribution is 2.48. The predicted molar refractivity (Wildman–Crippen MR) is 92.4 cm³/mol. The summed E-state index contributed by atoms with van der Waals surface area (Å²) in [4.78, 5) is 22.5. The summed E-state index contributed by atoms with van der Waals surface area (Å²) in [5.74, 6) is 1.75. The van der Waals surface area contributed by atoms with Crippen molar-refractivity contribution >= 4 is 32.5 Å². The van der Waals surface area contributed by atoms with Gasteiger partial charge in [0.1, 0.15) is 0 Å². The summed E-state index contributed by atoms with van der Waals surface area (Å²) >= 11 is 4.63. The molecule has 2 amide bonds. The third-order valence-electron chi connectivity index (χ3n) is 2.44. The third kappa shape index (κ3) is 11.0. The molecule has 0 aliphatic rings. The monoisotopic (exact) mass is 318 g/mol. The molecule has 0 heterocycles. The van der Waals surface area contributed by atoms with Crippen LogP contribution >= 0.6 is 20.7 Å². The topological polar surface area (TPSA) is 58.2 Å². The maximum absolute atomic E-state index is 11.5. The molecule has 20 heavy (non-hydrogen) atoms. The fourth-order valence-corrected chi connectivity index (χ4v) is 3.03.